The number of carboxylic acid groups (broad SMARTS) is 1. The molecule has 16 heavy (non-hydrogen) atoms. The summed E-state index contributed by atoms with van der Waals surface area (Å²) in [7, 11) is 2.05. The zero-order chi connectivity index (χ0) is 12.6. The third kappa shape index (κ3) is 5.47. The number of nitrogens with one attached hydrogen (secondary N) is 1. The summed E-state index contributed by atoms with van der Waals surface area (Å²) in [6.07, 6.45) is 2.54. The molecule has 0 spiro atoms. The third-order valence-corrected chi connectivity index (χ3v) is 2.99. The lowest BCUT2D eigenvalue weighted by Gasteiger charge is -2.27. The van der Waals surface area contributed by atoms with Crippen molar-refractivity contribution in [2.45, 2.75) is 45.6 Å². The van der Waals surface area contributed by atoms with E-state index in [-0.39, 0.29) is 0 Å². The van der Waals surface area contributed by atoms with Gasteiger partial charge < -0.3 is 15.3 Å². The maximum Gasteiger partial charge on any atom is 0.323 e. The lowest BCUT2D eigenvalue weighted by molar-refractivity contribution is -0.144. The van der Waals surface area contributed by atoms with Crippen LogP contribution in [0.3, 0.4) is 0 Å². The predicted molar refractivity (Wildman–Crippen MR) is 66.7 cm³/mol. The molecule has 0 saturated carbocycles. The van der Waals surface area contributed by atoms with Crippen LogP contribution in [0.15, 0.2) is 0 Å². The molecule has 0 amide bonds. The maximum atomic E-state index is 11.2. The zero-order valence-corrected chi connectivity index (χ0v) is 11.0. The summed E-state index contributed by atoms with van der Waals surface area (Å²) in [5.74, 6) is -0.750. The van der Waals surface area contributed by atoms with Gasteiger partial charge in [0.1, 0.15) is 5.54 Å². The number of aliphatic carboxylic acids is 1. The molecule has 0 fully saturated rings. The van der Waals surface area contributed by atoms with Crippen molar-refractivity contribution in [3.8, 4) is 0 Å². The van der Waals surface area contributed by atoms with Crippen molar-refractivity contribution >= 4 is 5.97 Å². The molecule has 0 aliphatic heterocycles. The Morgan fingerprint density at radius 1 is 1.44 bits per heavy atom. The Kier molecular flexibility index (Phi) is 7.34. The smallest absolute Gasteiger partial charge is 0.323 e. The SMILES string of the molecule is CCCNC(C)(CCCN(C)CC)C(=O)O. The molecule has 96 valence electrons. The van der Waals surface area contributed by atoms with Crippen LogP contribution in [0.4, 0.5) is 0 Å². The van der Waals surface area contributed by atoms with Gasteiger partial charge in [0.05, 0.1) is 0 Å². The largest absolute Gasteiger partial charge is 0.480 e. The van der Waals surface area contributed by atoms with E-state index < -0.39 is 11.5 Å². The lowest BCUT2D eigenvalue weighted by Crippen LogP contribution is -2.50. The summed E-state index contributed by atoms with van der Waals surface area (Å²) in [6, 6.07) is 0. The molecule has 4 heteroatoms. The normalized spacial score (nSPS) is 15.1. The number of carbonyl (C=O) groups is 1. The highest BCUT2D eigenvalue weighted by Crippen LogP contribution is 2.13. The second kappa shape index (κ2) is 7.63. The van der Waals surface area contributed by atoms with Crippen LogP contribution < -0.4 is 5.32 Å². The summed E-state index contributed by atoms with van der Waals surface area (Å²) >= 11 is 0. The Bertz CT molecular complexity index is 209. The third-order valence-electron chi connectivity index (χ3n) is 2.99. The van der Waals surface area contributed by atoms with Gasteiger partial charge in [0.2, 0.25) is 0 Å². The van der Waals surface area contributed by atoms with Gasteiger partial charge in [-0.3, -0.25) is 4.79 Å². The van der Waals surface area contributed by atoms with Crippen LogP contribution in [0.1, 0.15) is 40.0 Å². The Labute approximate surface area is 99.0 Å². The van der Waals surface area contributed by atoms with E-state index in [2.05, 4.69) is 24.2 Å². The molecule has 0 saturated heterocycles. The highest BCUT2D eigenvalue weighted by molar-refractivity contribution is 5.78. The van der Waals surface area contributed by atoms with E-state index in [0.29, 0.717) is 6.42 Å². The van der Waals surface area contributed by atoms with Crippen molar-refractivity contribution in [3.63, 3.8) is 0 Å². The highest BCUT2D eigenvalue weighted by atomic mass is 16.4. The fourth-order valence-corrected chi connectivity index (χ4v) is 1.53. The van der Waals surface area contributed by atoms with Gasteiger partial charge in [-0.15, -0.1) is 0 Å². The van der Waals surface area contributed by atoms with E-state index in [1.165, 1.54) is 0 Å². The Morgan fingerprint density at radius 2 is 2.06 bits per heavy atom. The summed E-state index contributed by atoms with van der Waals surface area (Å²) in [4.78, 5) is 13.4. The molecule has 0 heterocycles. The van der Waals surface area contributed by atoms with E-state index in [0.717, 1.165) is 32.5 Å². The van der Waals surface area contributed by atoms with E-state index in [9.17, 15) is 9.90 Å². The van der Waals surface area contributed by atoms with Gasteiger partial charge in [0.15, 0.2) is 0 Å². The molecule has 0 radical (unpaired) electrons. The van der Waals surface area contributed by atoms with Gasteiger partial charge in [0.25, 0.3) is 0 Å². The predicted octanol–water partition coefficient (Wildman–Crippen LogP) is 1.56. The van der Waals surface area contributed by atoms with E-state index in [1.807, 2.05) is 6.92 Å². The molecule has 0 rings (SSSR count). The molecule has 1 unspecified atom stereocenters. The molecule has 2 N–H and O–H groups in total. The van der Waals surface area contributed by atoms with Gasteiger partial charge in [-0.2, -0.15) is 0 Å². The second-order valence-corrected chi connectivity index (χ2v) is 4.56. The summed E-state index contributed by atoms with van der Waals surface area (Å²) < 4.78 is 0. The van der Waals surface area contributed by atoms with Crippen LogP contribution in [-0.2, 0) is 4.79 Å². The molecular formula is C12H26N2O2. The van der Waals surface area contributed by atoms with Crippen molar-refractivity contribution in [2.24, 2.45) is 0 Å². The van der Waals surface area contributed by atoms with Crippen LogP contribution in [0.2, 0.25) is 0 Å². The first-order valence-electron chi connectivity index (χ1n) is 6.13. The number of hydrogen-bond acceptors (Lipinski definition) is 3. The average molecular weight is 230 g/mol. The second-order valence-electron chi connectivity index (χ2n) is 4.56. The van der Waals surface area contributed by atoms with Crippen LogP contribution >= 0.6 is 0 Å². The van der Waals surface area contributed by atoms with E-state index in [1.54, 1.807) is 6.92 Å². The van der Waals surface area contributed by atoms with E-state index >= 15 is 0 Å². The molecule has 1 atom stereocenters. The van der Waals surface area contributed by atoms with Crippen molar-refractivity contribution < 1.29 is 9.90 Å². The van der Waals surface area contributed by atoms with Crippen LogP contribution in [-0.4, -0.2) is 48.2 Å². The van der Waals surface area contributed by atoms with Crippen LogP contribution in [0, 0.1) is 0 Å². The van der Waals surface area contributed by atoms with Gasteiger partial charge in [-0.05, 0) is 52.9 Å². The first-order chi connectivity index (χ1) is 7.46. The first kappa shape index (κ1) is 15.4. The van der Waals surface area contributed by atoms with Crippen molar-refractivity contribution in [2.75, 3.05) is 26.7 Å². The monoisotopic (exact) mass is 230 g/mol. The number of hydrogen-bond donors (Lipinski definition) is 2. The van der Waals surface area contributed by atoms with Crippen LogP contribution in [0.25, 0.3) is 0 Å². The quantitative estimate of drug-likeness (QED) is 0.631. The fraction of sp³-hybridized carbons (Fsp3) is 0.917. The number of nitrogens with zero attached hydrogens (tertiary/aromatic N) is 1. The molecule has 0 aromatic carbocycles. The summed E-state index contributed by atoms with van der Waals surface area (Å²) in [5, 5.41) is 12.3. The van der Waals surface area contributed by atoms with Crippen LogP contribution in [0.5, 0.6) is 0 Å². The van der Waals surface area contributed by atoms with E-state index in [4.69, 9.17) is 0 Å². The Morgan fingerprint density at radius 3 is 2.50 bits per heavy atom. The minimum atomic E-state index is -0.773. The molecule has 0 aliphatic carbocycles. The minimum absolute atomic E-state index is 0.673. The van der Waals surface area contributed by atoms with Crippen molar-refractivity contribution in [3.05, 3.63) is 0 Å². The zero-order valence-electron chi connectivity index (χ0n) is 11.0. The first-order valence-corrected chi connectivity index (χ1v) is 6.13. The minimum Gasteiger partial charge on any atom is -0.480 e. The molecule has 0 aliphatic rings. The topological polar surface area (TPSA) is 52.6 Å². The summed E-state index contributed by atoms with van der Waals surface area (Å²) in [6.45, 7) is 8.63. The van der Waals surface area contributed by atoms with Gasteiger partial charge in [-0.1, -0.05) is 13.8 Å². The maximum absolute atomic E-state index is 11.2. The summed E-state index contributed by atoms with van der Waals surface area (Å²) in [5.41, 5.74) is -0.773. The number of rotatable bonds is 9. The number of carboxylic acids is 1. The molecule has 0 aromatic rings. The molecular weight excluding hydrogens is 204 g/mol. The molecule has 0 bridgehead atoms. The standard InChI is InChI=1S/C12H26N2O2/c1-5-9-13-12(3,11(15)16)8-7-10-14(4)6-2/h13H,5-10H2,1-4H3,(H,15,16). The Balaban J connectivity index is 4.07. The van der Waals surface area contributed by atoms with Crippen molar-refractivity contribution in [1.82, 2.24) is 10.2 Å². The Hall–Kier alpha value is -0.610. The fourth-order valence-electron chi connectivity index (χ4n) is 1.53. The molecule has 0 aromatic heterocycles. The van der Waals surface area contributed by atoms with Gasteiger partial charge in [-0.25, -0.2) is 0 Å². The average Bonchev–Trinajstić information content (AvgIpc) is 2.25. The lowest BCUT2D eigenvalue weighted by atomic mass is 9.95. The van der Waals surface area contributed by atoms with Crippen molar-refractivity contribution in [1.29, 1.82) is 0 Å². The highest BCUT2D eigenvalue weighted by Gasteiger charge is 2.31. The van der Waals surface area contributed by atoms with Gasteiger partial charge in [0, 0.05) is 0 Å². The van der Waals surface area contributed by atoms with Gasteiger partial charge >= 0.3 is 5.97 Å². The molecule has 4 nitrogen and oxygen atoms in total.